The summed E-state index contributed by atoms with van der Waals surface area (Å²) in [6, 6.07) is 0. The van der Waals surface area contributed by atoms with Gasteiger partial charge in [-0.1, -0.05) is 68.5 Å². The van der Waals surface area contributed by atoms with Crippen molar-refractivity contribution in [1.82, 2.24) is 0 Å². The summed E-state index contributed by atoms with van der Waals surface area (Å²) < 4.78 is 0. The van der Waals surface area contributed by atoms with Crippen molar-refractivity contribution in [3.63, 3.8) is 0 Å². The molecule has 0 saturated carbocycles. The first-order valence-corrected chi connectivity index (χ1v) is 7.72. The summed E-state index contributed by atoms with van der Waals surface area (Å²) in [7, 11) is 0. The smallest absolute Gasteiger partial charge is 0.186 e. The molecule has 1 heteroatoms. The van der Waals surface area contributed by atoms with Gasteiger partial charge in [-0.15, -0.1) is 0 Å². The van der Waals surface area contributed by atoms with Crippen LogP contribution in [-0.4, -0.2) is 5.78 Å². The molecule has 114 valence electrons. The summed E-state index contributed by atoms with van der Waals surface area (Å²) in [6.45, 7) is 16.3. The maximum absolute atomic E-state index is 12.5. The summed E-state index contributed by atoms with van der Waals surface area (Å²) in [4.78, 5) is 12.5. The predicted octanol–water partition coefficient (Wildman–Crippen LogP) is 5.27. The van der Waals surface area contributed by atoms with Gasteiger partial charge in [-0.25, -0.2) is 0 Å². The second-order valence-corrected chi connectivity index (χ2v) is 6.31. The first kappa shape index (κ1) is 16.2. The fourth-order valence-electron chi connectivity index (χ4n) is 2.83. The Balaban J connectivity index is 2.48. The highest BCUT2D eigenvalue weighted by atomic mass is 16.1. The Kier molecular flexibility index (Phi) is 4.65. The number of ketones is 1. The van der Waals surface area contributed by atoms with Crippen LogP contribution in [0.1, 0.15) is 27.7 Å². The van der Waals surface area contributed by atoms with E-state index in [0.29, 0.717) is 5.92 Å². The average Bonchev–Trinajstić information content (AvgIpc) is 2.63. The van der Waals surface area contributed by atoms with E-state index >= 15 is 0 Å². The number of allylic oxidation sites excluding steroid dienone is 12. The van der Waals surface area contributed by atoms with Crippen molar-refractivity contribution < 1.29 is 4.79 Å². The van der Waals surface area contributed by atoms with Crippen LogP contribution in [0.4, 0.5) is 0 Å². The lowest BCUT2D eigenvalue weighted by atomic mass is 9.82. The molecule has 0 bridgehead atoms. The number of carbonyl (C=O) groups is 1. The SMILES string of the molecule is C=C/C(C)=C\C1C=CC2=C(C=C1C)C(=O)C=C(C(C)C)C2=C. The van der Waals surface area contributed by atoms with Crippen molar-refractivity contribution in [3.05, 3.63) is 83.1 Å². The molecule has 0 amide bonds. The topological polar surface area (TPSA) is 17.1 Å². The third-order valence-corrected chi connectivity index (χ3v) is 4.27. The summed E-state index contributed by atoms with van der Waals surface area (Å²) in [6.07, 6.45) is 12.0. The second-order valence-electron chi connectivity index (χ2n) is 6.31. The second kappa shape index (κ2) is 6.31. The van der Waals surface area contributed by atoms with Gasteiger partial charge in [0, 0.05) is 11.5 Å². The Morgan fingerprint density at radius 2 is 1.95 bits per heavy atom. The Morgan fingerprint density at radius 1 is 1.27 bits per heavy atom. The van der Waals surface area contributed by atoms with Gasteiger partial charge in [-0.3, -0.25) is 4.79 Å². The molecule has 2 aliphatic rings. The third-order valence-electron chi connectivity index (χ3n) is 4.27. The lowest BCUT2D eigenvalue weighted by molar-refractivity contribution is -0.111. The van der Waals surface area contributed by atoms with Gasteiger partial charge in [-0.2, -0.15) is 0 Å². The van der Waals surface area contributed by atoms with Crippen molar-refractivity contribution in [2.24, 2.45) is 11.8 Å². The van der Waals surface area contributed by atoms with Crippen LogP contribution >= 0.6 is 0 Å². The molecule has 0 saturated heterocycles. The Labute approximate surface area is 133 Å². The van der Waals surface area contributed by atoms with E-state index in [1.54, 1.807) is 6.08 Å². The number of carbonyl (C=O) groups excluding carboxylic acids is 1. The molecule has 1 atom stereocenters. The van der Waals surface area contributed by atoms with Gasteiger partial charge in [0.05, 0.1) is 0 Å². The highest BCUT2D eigenvalue weighted by Crippen LogP contribution is 2.36. The quantitative estimate of drug-likeness (QED) is 0.648. The molecule has 0 aromatic rings. The van der Waals surface area contributed by atoms with E-state index in [4.69, 9.17) is 0 Å². The molecule has 0 radical (unpaired) electrons. The maximum atomic E-state index is 12.5. The Hall–Kier alpha value is -2.15. The molecule has 2 rings (SSSR count). The van der Waals surface area contributed by atoms with E-state index in [2.05, 4.69) is 52.2 Å². The summed E-state index contributed by atoms with van der Waals surface area (Å²) in [5.74, 6) is 0.567. The van der Waals surface area contributed by atoms with Gasteiger partial charge in [0.1, 0.15) is 0 Å². The first-order valence-electron chi connectivity index (χ1n) is 7.72. The summed E-state index contributed by atoms with van der Waals surface area (Å²) in [5.41, 5.74) is 6.02. The van der Waals surface area contributed by atoms with Gasteiger partial charge in [0.15, 0.2) is 5.78 Å². The van der Waals surface area contributed by atoms with Gasteiger partial charge >= 0.3 is 0 Å². The zero-order chi connectivity index (χ0) is 16.4. The average molecular weight is 292 g/mol. The van der Waals surface area contributed by atoms with Crippen molar-refractivity contribution >= 4 is 5.78 Å². The minimum atomic E-state index is 0.0835. The van der Waals surface area contributed by atoms with Crippen molar-refractivity contribution in [1.29, 1.82) is 0 Å². The molecule has 0 heterocycles. The van der Waals surface area contributed by atoms with E-state index in [-0.39, 0.29) is 11.7 Å². The fraction of sp³-hybridized carbons (Fsp3) is 0.286. The zero-order valence-corrected chi connectivity index (χ0v) is 13.9. The van der Waals surface area contributed by atoms with Crippen LogP contribution in [0.2, 0.25) is 0 Å². The molecule has 0 N–H and O–H groups in total. The first-order chi connectivity index (χ1) is 10.3. The summed E-state index contributed by atoms with van der Waals surface area (Å²) in [5, 5.41) is 0. The number of rotatable bonds is 3. The van der Waals surface area contributed by atoms with Gasteiger partial charge < -0.3 is 0 Å². The fourth-order valence-corrected chi connectivity index (χ4v) is 2.83. The molecule has 0 aromatic carbocycles. The molecule has 0 fully saturated rings. The van der Waals surface area contributed by atoms with E-state index in [9.17, 15) is 4.79 Å². The lowest BCUT2D eigenvalue weighted by Crippen LogP contribution is -2.13. The van der Waals surface area contributed by atoms with E-state index in [1.165, 1.54) is 0 Å². The van der Waals surface area contributed by atoms with Gasteiger partial charge in [0.2, 0.25) is 0 Å². The van der Waals surface area contributed by atoms with Crippen molar-refractivity contribution in [3.8, 4) is 0 Å². The van der Waals surface area contributed by atoms with Crippen LogP contribution in [-0.2, 0) is 4.79 Å². The highest BCUT2D eigenvalue weighted by Gasteiger charge is 2.25. The Morgan fingerprint density at radius 3 is 2.55 bits per heavy atom. The van der Waals surface area contributed by atoms with Gasteiger partial charge in [0.25, 0.3) is 0 Å². The van der Waals surface area contributed by atoms with Crippen LogP contribution in [0.15, 0.2) is 83.1 Å². The van der Waals surface area contributed by atoms with E-state index in [0.717, 1.165) is 33.4 Å². The molecule has 0 aromatic heterocycles. The molecular weight excluding hydrogens is 268 g/mol. The maximum Gasteiger partial charge on any atom is 0.186 e. The molecule has 0 aliphatic heterocycles. The molecule has 1 unspecified atom stereocenters. The van der Waals surface area contributed by atoms with Crippen LogP contribution < -0.4 is 0 Å². The van der Waals surface area contributed by atoms with Crippen LogP contribution in [0, 0.1) is 11.8 Å². The molecule has 1 nitrogen and oxygen atoms in total. The van der Waals surface area contributed by atoms with E-state index < -0.39 is 0 Å². The monoisotopic (exact) mass is 292 g/mol. The molecule has 0 spiro atoms. The Bertz CT molecular complexity index is 687. The van der Waals surface area contributed by atoms with Crippen molar-refractivity contribution in [2.45, 2.75) is 27.7 Å². The number of hydrogen-bond donors (Lipinski definition) is 0. The molecule has 2 aliphatic carbocycles. The standard InChI is InChI=1S/C21H24O/c1-7-14(4)10-17-8-9-18-16(6)19(13(2)3)12-21(22)20(18)11-15(17)5/h7-13,17H,1,6H2,2-5H3/b14-10-. The normalized spacial score (nSPS) is 22.4. The van der Waals surface area contributed by atoms with Crippen LogP contribution in [0.25, 0.3) is 0 Å². The molecular formula is C21H24O. The van der Waals surface area contributed by atoms with Crippen molar-refractivity contribution in [2.75, 3.05) is 0 Å². The lowest BCUT2D eigenvalue weighted by Gasteiger charge is -2.21. The zero-order valence-electron chi connectivity index (χ0n) is 13.9. The summed E-state index contributed by atoms with van der Waals surface area (Å²) >= 11 is 0. The highest BCUT2D eigenvalue weighted by molar-refractivity contribution is 6.10. The third kappa shape index (κ3) is 3.04. The largest absolute Gasteiger partial charge is 0.289 e. The van der Waals surface area contributed by atoms with Crippen LogP contribution in [0.5, 0.6) is 0 Å². The minimum absolute atomic E-state index is 0.0835. The molecule has 22 heavy (non-hydrogen) atoms. The van der Waals surface area contributed by atoms with Gasteiger partial charge in [-0.05, 0) is 42.6 Å². The number of hydrogen-bond acceptors (Lipinski definition) is 1. The van der Waals surface area contributed by atoms with Crippen LogP contribution in [0.3, 0.4) is 0 Å². The predicted molar refractivity (Wildman–Crippen MR) is 94.4 cm³/mol. The van der Waals surface area contributed by atoms with E-state index in [1.807, 2.05) is 19.1 Å². The minimum Gasteiger partial charge on any atom is -0.289 e.